The molecule has 6 heteroatoms. The summed E-state index contributed by atoms with van der Waals surface area (Å²) in [6, 6.07) is 9.99. The lowest BCUT2D eigenvalue weighted by molar-refractivity contribution is 0.0950. The fraction of sp³-hybridized carbons (Fsp3) is 0.333. The number of amides is 1. The van der Waals surface area contributed by atoms with E-state index in [4.69, 9.17) is 0 Å². The van der Waals surface area contributed by atoms with E-state index in [2.05, 4.69) is 15.7 Å². The van der Waals surface area contributed by atoms with E-state index in [0.29, 0.717) is 12.1 Å². The molecule has 114 valence electrons. The Morgan fingerprint density at radius 1 is 1.33 bits per heavy atom. The Bertz CT molecular complexity index is 583. The van der Waals surface area contributed by atoms with Crippen LogP contribution in [0.2, 0.25) is 0 Å². The van der Waals surface area contributed by atoms with Crippen molar-refractivity contribution in [2.45, 2.75) is 19.9 Å². The molecule has 1 aromatic carbocycles. The van der Waals surface area contributed by atoms with Gasteiger partial charge in [0.1, 0.15) is 0 Å². The second-order valence-electron chi connectivity index (χ2n) is 4.81. The summed E-state index contributed by atoms with van der Waals surface area (Å²) in [4.78, 5) is 12.1. The molecule has 21 heavy (non-hydrogen) atoms. The van der Waals surface area contributed by atoms with Crippen LogP contribution < -0.4 is 10.6 Å². The zero-order chi connectivity index (χ0) is 14.5. The highest BCUT2D eigenvalue weighted by Gasteiger charge is 2.14. The fourth-order valence-corrected chi connectivity index (χ4v) is 1.84. The Balaban J connectivity index is 0.00000220. The van der Waals surface area contributed by atoms with E-state index in [0.717, 1.165) is 11.4 Å². The maximum absolute atomic E-state index is 12.1. The van der Waals surface area contributed by atoms with Gasteiger partial charge in [-0.3, -0.25) is 4.79 Å². The number of halogens is 1. The largest absolute Gasteiger partial charge is 0.350 e. The van der Waals surface area contributed by atoms with E-state index in [1.54, 1.807) is 10.9 Å². The standard InChI is InChI=1S/C15H20N4O.ClH/c1-11(16-3)9-17-15(20)14-10-19(18-12(14)2)13-7-5-4-6-8-13;/h4-8,10-11,16H,9H2,1-3H3,(H,17,20);1H. The molecule has 2 rings (SSSR count). The minimum absolute atomic E-state index is 0. The molecule has 0 aliphatic rings. The van der Waals surface area contributed by atoms with Gasteiger partial charge in [-0.15, -0.1) is 12.4 Å². The summed E-state index contributed by atoms with van der Waals surface area (Å²) in [6.45, 7) is 4.45. The third-order valence-corrected chi connectivity index (χ3v) is 3.23. The number of carbonyl (C=O) groups is 1. The molecule has 2 N–H and O–H groups in total. The van der Waals surface area contributed by atoms with Crippen molar-refractivity contribution in [3.63, 3.8) is 0 Å². The number of benzene rings is 1. The van der Waals surface area contributed by atoms with E-state index in [1.165, 1.54) is 0 Å². The number of aromatic nitrogens is 2. The minimum atomic E-state index is -0.0909. The third-order valence-electron chi connectivity index (χ3n) is 3.23. The van der Waals surface area contributed by atoms with E-state index in [9.17, 15) is 4.79 Å². The molecular formula is C15H21ClN4O. The molecule has 0 saturated heterocycles. The molecule has 1 unspecified atom stereocenters. The lowest BCUT2D eigenvalue weighted by Crippen LogP contribution is -2.37. The van der Waals surface area contributed by atoms with Gasteiger partial charge < -0.3 is 10.6 Å². The summed E-state index contributed by atoms with van der Waals surface area (Å²) in [5, 5.41) is 10.4. The third kappa shape index (κ3) is 4.31. The molecule has 1 aromatic heterocycles. The molecule has 1 heterocycles. The van der Waals surface area contributed by atoms with Gasteiger partial charge in [0.05, 0.1) is 16.9 Å². The Morgan fingerprint density at radius 2 is 2.00 bits per heavy atom. The van der Waals surface area contributed by atoms with Crippen LogP contribution in [0.1, 0.15) is 23.0 Å². The van der Waals surface area contributed by atoms with E-state index in [1.807, 2.05) is 51.2 Å². The molecule has 0 saturated carbocycles. The molecule has 0 aliphatic heterocycles. The predicted molar refractivity (Wildman–Crippen MR) is 86.4 cm³/mol. The van der Waals surface area contributed by atoms with Crippen LogP contribution in [0.15, 0.2) is 36.5 Å². The minimum Gasteiger partial charge on any atom is -0.350 e. The van der Waals surface area contributed by atoms with Gasteiger partial charge in [0, 0.05) is 18.8 Å². The molecule has 1 amide bonds. The highest BCUT2D eigenvalue weighted by Crippen LogP contribution is 2.11. The summed E-state index contributed by atoms with van der Waals surface area (Å²) in [5.41, 5.74) is 2.28. The first kappa shape index (κ1) is 17.2. The van der Waals surface area contributed by atoms with Gasteiger partial charge >= 0.3 is 0 Å². The Kier molecular flexibility index (Phi) is 6.39. The fourth-order valence-electron chi connectivity index (χ4n) is 1.84. The molecule has 2 aromatic rings. The summed E-state index contributed by atoms with van der Waals surface area (Å²) >= 11 is 0. The first-order valence-electron chi connectivity index (χ1n) is 6.69. The molecule has 0 bridgehead atoms. The number of rotatable bonds is 5. The molecule has 5 nitrogen and oxygen atoms in total. The SMILES string of the molecule is CNC(C)CNC(=O)c1cn(-c2ccccc2)nc1C.Cl. The van der Waals surface area contributed by atoms with Gasteiger partial charge in [0.15, 0.2) is 0 Å². The number of carbonyl (C=O) groups excluding carboxylic acids is 1. The summed E-state index contributed by atoms with van der Waals surface area (Å²) < 4.78 is 1.73. The first-order chi connectivity index (χ1) is 9.61. The van der Waals surface area contributed by atoms with Crippen molar-refractivity contribution in [2.75, 3.05) is 13.6 Å². The van der Waals surface area contributed by atoms with Crippen LogP contribution >= 0.6 is 12.4 Å². The van der Waals surface area contributed by atoms with Crippen LogP contribution in [0.4, 0.5) is 0 Å². The zero-order valence-electron chi connectivity index (χ0n) is 12.5. The molecule has 0 spiro atoms. The molecule has 0 radical (unpaired) electrons. The molecule has 0 aliphatic carbocycles. The Morgan fingerprint density at radius 3 is 2.62 bits per heavy atom. The summed E-state index contributed by atoms with van der Waals surface area (Å²) in [7, 11) is 1.87. The van der Waals surface area contributed by atoms with Gasteiger partial charge in [0.2, 0.25) is 0 Å². The monoisotopic (exact) mass is 308 g/mol. The van der Waals surface area contributed by atoms with E-state index < -0.39 is 0 Å². The van der Waals surface area contributed by atoms with Crippen LogP contribution in [0.5, 0.6) is 0 Å². The van der Waals surface area contributed by atoms with Crippen molar-refractivity contribution in [1.82, 2.24) is 20.4 Å². The zero-order valence-corrected chi connectivity index (χ0v) is 13.3. The summed E-state index contributed by atoms with van der Waals surface area (Å²) in [5.74, 6) is -0.0909. The summed E-state index contributed by atoms with van der Waals surface area (Å²) in [6.07, 6.45) is 1.77. The number of para-hydroxylation sites is 1. The molecule has 1 atom stereocenters. The lowest BCUT2D eigenvalue weighted by Gasteiger charge is -2.10. The van der Waals surface area contributed by atoms with Crippen molar-refractivity contribution in [3.05, 3.63) is 47.8 Å². The lowest BCUT2D eigenvalue weighted by atomic mass is 10.2. The van der Waals surface area contributed by atoms with Crippen molar-refractivity contribution < 1.29 is 4.79 Å². The van der Waals surface area contributed by atoms with Gasteiger partial charge in [-0.1, -0.05) is 18.2 Å². The van der Waals surface area contributed by atoms with Crippen LogP contribution in [0.25, 0.3) is 5.69 Å². The number of hydrogen-bond acceptors (Lipinski definition) is 3. The number of nitrogens with one attached hydrogen (secondary N) is 2. The topological polar surface area (TPSA) is 58.9 Å². The highest BCUT2D eigenvalue weighted by atomic mass is 35.5. The van der Waals surface area contributed by atoms with Gasteiger partial charge in [0.25, 0.3) is 5.91 Å². The number of aryl methyl sites for hydroxylation is 1. The highest BCUT2D eigenvalue weighted by molar-refractivity contribution is 5.95. The maximum atomic E-state index is 12.1. The van der Waals surface area contributed by atoms with Crippen molar-refractivity contribution in [3.8, 4) is 5.69 Å². The van der Waals surface area contributed by atoms with Crippen LogP contribution in [0, 0.1) is 6.92 Å². The Labute approximate surface area is 131 Å². The van der Waals surface area contributed by atoms with Crippen molar-refractivity contribution >= 4 is 18.3 Å². The number of likely N-dealkylation sites (N-methyl/N-ethyl adjacent to an activating group) is 1. The Hall–Kier alpha value is -1.85. The van der Waals surface area contributed by atoms with E-state index >= 15 is 0 Å². The number of nitrogens with zero attached hydrogens (tertiary/aromatic N) is 2. The second kappa shape index (κ2) is 7.81. The second-order valence-corrected chi connectivity index (χ2v) is 4.81. The van der Waals surface area contributed by atoms with E-state index in [-0.39, 0.29) is 24.4 Å². The van der Waals surface area contributed by atoms with Crippen LogP contribution in [0.3, 0.4) is 0 Å². The quantitative estimate of drug-likeness (QED) is 0.887. The first-order valence-corrected chi connectivity index (χ1v) is 6.69. The maximum Gasteiger partial charge on any atom is 0.254 e. The van der Waals surface area contributed by atoms with Crippen molar-refractivity contribution in [1.29, 1.82) is 0 Å². The van der Waals surface area contributed by atoms with Crippen molar-refractivity contribution in [2.24, 2.45) is 0 Å². The average molecular weight is 309 g/mol. The van der Waals surface area contributed by atoms with Gasteiger partial charge in [-0.05, 0) is 33.0 Å². The van der Waals surface area contributed by atoms with Crippen LogP contribution in [-0.4, -0.2) is 35.3 Å². The average Bonchev–Trinajstić information content (AvgIpc) is 2.87. The normalized spacial score (nSPS) is 11.6. The smallest absolute Gasteiger partial charge is 0.254 e. The van der Waals surface area contributed by atoms with Crippen LogP contribution in [-0.2, 0) is 0 Å². The molecular weight excluding hydrogens is 288 g/mol. The number of hydrogen-bond donors (Lipinski definition) is 2. The van der Waals surface area contributed by atoms with Gasteiger partial charge in [-0.25, -0.2) is 4.68 Å². The van der Waals surface area contributed by atoms with Gasteiger partial charge in [-0.2, -0.15) is 5.10 Å². The molecule has 0 fully saturated rings. The predicted octanol–water partition coefficient (Wildman–Crippen LogP) is 1.94.